The zero-order valence-corrected chi connectivity index (χ0v) is 12.9. The number of nitrogens with zero attached hydrogens (tertiary/aromatic N) is 1. The van der Waals surface area contributed by atoms with Crippen molar-refractivity contribution in [1.29, 1.82) is 0 Å². The summed E-state index contributed by atoms with van der Waals surface area (Å²) in [6.45, 7) is 2.19. The Labute approximate surface area is 125 Å². The molecule has 2 rings (SSSR count). The first kappa shape index (κ1) is 15.0. The molecule has 1 fully saturated rings. The molecule has 0 bridgehead atoms. The molecule has 0 spiro atoms. The highest BCUT2D eigenvalue weighted by Crippen LogP contribution is 2.24. The van der Waals surface area contributed by atoms with Gasteiger partial charge in [0, 0.05) is 30.1 Å². The van der Waals surface area contributed by atoms with Gasteiger partial charge in [0.1, 0.15) is 6.04 Å². The minimum absolute atomic E-state index is 0.225. The number of rotatable bonds is 3. The second-order valence-electron chi connectivity index (χ2n) is 4.87. The number of carbonyl (C=O) groups is 2. The molecule has 0 aliphatic carbocycles. The number of hydrogen-bond acceptors (Lipinski definition) is 3. The summed E-state index contributed by atoms with van der Waals surface area (Å²) in [7, 11) is 1.53. The zero-order valence-electron chi connectivity index (χ0n) is 11.3. The minimum atomic E-state index is -0.994. The van der Waals surface area contributed by atoms with E-state index in [4.69, 9.17) is 4.74 Å². The molecule has 1 heterocycles. The molecule has 1 aliphatic rings. The zero-order chi connectivity index (χ0) is 14.9. The molecule has 2 atom stereocenters. The van der Waals surface area contributed by atoms with Crippen LogP contribution in [0.4, 0.5) is 0 Å². The number of carbonyl (C=O) groups excluding carboxylic acids is 1. The number of hydrogen-bond donors (Lipinski definition) is 1. The Morgan fingerprint density at radius 2 is 2.15 bits per heavy atom. The van der Waals surface area contributed by atoms with Crippen LogP contribution in [0.1, 0.15) is 22.3 Å². The molecule has 1 aliphatic heterocycles. The number of halogens is 1. The number of carboxylic acids is 1. The number of aliphatic carboxylic acids is 1. The topological polar surface area (TPSA) is 66.8 Å². The molecule has 0 saturated carbocycles. The Bertz CT molecular complexity index is 546. The van der Waals surface area contributed by atoms with Gasteiger partial charge in [-0.05, 0) is 30.7 Å². The maximum Gasteiger partial charge on any atom is 0.326 e. The lowest BCUT2D eigenvalue weighted by atomic mass is 10.1. The number of aryl methyl sites for hydroxylation is 1. The Kier molecular flexibility index (Phi) is 4.45. The fourth-order valence-corrected chi connectivity index (χ4v) is 2.62. The highest BCUT2D eigenvalue weighted by molar-refractivity contribution is 9.10. The lowest BCUT2D eigenvalue weighted by Gasteiger charge is -2.21. The van der Waals surface area contributed by atoms with Gasteiger partial charge in [0.15, 0.2) is 0 Å². The molecule has 6 heteroatoms. The first-order chi connectivity index (χ1) is 9.43. The van der Waals surface area contributed by atoms with Crippen molar-refractivity contribution in [2.24, 2.45) is 0 Å². The van der Waals surface area contributed by atoms with Crippen molar-refractivity contribution >= 4 is 27.8 Å². The van der Waals surface area contributed by atoms with Crippen LogP contribution in [0.15, 0.2) is 22.7 Å². The third kappa shape index (κ3) is 2.86. The van der Waals surface area contributed by atoms with E-state index in [2.05, 4.69) is 15.9 Å². The van der Waals surface area contributed by atoms with Crippen LogP contribution in [-0.2, 0) is 9.53 Å². The fraction of sp³-hybridized carbons (Fsp3) is 0.429. The number of likely N-dealkylation sites (tertiary alicyclic amines) is 1. The number of amides is 1. The summed E-state index contributed by atoms with van der Waals surface area (Å²) in [5.74, 6) is -1.26. The van der Waals surface area contributed by atoms with E-state index in [9.17, 15) is 14.7 Å². The molecule has 1 aromatic carbocycles. The largest absolute Gasteiger partial charge is 0.480 e. The Hall–Kier alpha value is -1.40. The van der Waals surface area contributed by atoms with Crippen molar-refractivity contribution in [2.75, 3.05) is 13.7 Å². The van der Waals surface area contributed by atoms with E-state index in [1.807, 2.05) is 6.92 Å². The third-order valence-electron chi connectivity index (χ3n) is 3.55. The predicted molar refractivity (Wildman–Crippen MR) is 76.8 cm³/mol. The molecule has 2 unspecified atom stereocenters. The van der Waals surface area contributed by atoms with E-state index in [-0.39, 0.29) is 12.0 Å². The maximum absolute atomic E-state index is 12.5. The first-order valence-corrected chi connectivity index (χ1v) is 7.06. The quantitative estimate of drug-likeness (QED) is 0.913. The SMILES string of the molecule is COC1CC(C(=O)O)N(C(=O)c2ccc(Br)c(C)c2)C1. The number of ether oxygens (including phenoxy) is 1. The van der Waals surface area contributed by atoms with Crippen LogP contribution in [0.2, 0.25) is 0 Å². The number of methoxy groups -OCH3 is 1. The average Bonchev–Trinajstić information content (AvgIpc) is 2.85. The molecule has 1 amide bonds. The third-order valence-corrected chi connectivity index (χ3v) is 4.44. The number of carboxylic acid groups (broad SMARTS) is 1. The van der Waals surface area contributed by atoms with Crippen molar-refractivity contribution < 1.29 is 19.4 Å². The van der Waals surface area contributed by atoms with Crippen molar-refractivity contribution in [3.05, 3.63) is 33.8 Å². The molecule has 5 nitrogen and oxygen atoms in total. The highest BCUT2D eigenvalue weighted by Gasteiger charge is 2.40. The molecule has 1 aromatic rings. The van der Waals surface area contributed by atoms with Crippen LogP contribution in [0, 0.1) is 6.92 Å². The van der Waals surface area contributed by atoms with Gasteiger partial charge in [0.2, 0.25) is 0 Å². The Morgan fingerprint density at radius 3 is 2.70 bits per heavy atom. The van der Waals surface area contributed by atoms with Gasteiger partial charge in [-0.25, -0.2) is 4.79 Å². The van der Waals surface area contributed by atoms with Gasteiger partial charge in [-0.2, -0.15) is 0 Å². The standard InChI is InChI=1S/C14H16BrNO4/c1-8-5-9(3-4-11(8)15)13(17)16-7-10(20-2)6-12(16)14(18)19/h3-5,10,12H,6-7H2,1-2H3,(H,18,19). The molecule has 0 radical (unpaired) electrons. The summed E-state index contributed by atoms with van der Waals surface area (Å²) in [5.41, 5.74) is 1.43. The molecular formula is C14H16BrNO4. The molecule has 108 valence electrons. The van der Waals surface area contributed by atoms with Gasteiger partial charge in [-0.15, -0.1) is 0 Å². The van der Waals surface area contributed by atoms with Crippen molar-refractivity contribution in [3.8, 4) is 0 Å². The van der Waals surface area contributed by atoms with E-state index in [0.29, 0.717) is 18.5 Å². The summed E-state index contributed by atoms with van der Waals surface area (Å²) in [5, 5.41) is 9.23. The Balaban J connectivity index is 2.26. The van der Waals surface area contributed by atoms with Crippen LogP contribution < -0.4 is 0 Å². The van der Waals surface area contributed by atoms with Crippen molar-refractivity contribution in [3.63, 3.8) is 0 Å². The summed E-state index contributed by atoms with van der Waals surface area (Å²) < 4.78 is 6.10. The first-order valence-electron chi connectivity index (χ1n) is 6.26. The van der Waals surface area contributed by atoms with Crippen LogP contribution in [0.3, 0.4) is 0 Å². The molecule has 1 N–H and O–H groups in total. The van der Waals surface area contributed by atoms with Gasteiger partial charge >= 0.3 is 5.97 Å². The molecule has 20 heavy (non-hydrogen) atoms. The van der Waals surface area contributed by atoms with Crippen LogP contribution in [0.25, 0.3) is 0 Å². The average molecular weight is 342 g/mol. The van der Waals surface area contributed by atoms with Crippen LogP contribution in [-0.4, -0.2) is 47.7 Å². The normalized spacial score (nSPS) is 22.1. The van der Waals surface area contributed by atoms with E-state index in [1.54, 1.807) is 18.2 Å². The number of benzene rings is 1. The van der Waals surface area contributed by atoms with E-state index < -0.39 is 12.0 Å². The highest BCUT2D eigenvalue weighted by atomic mass is 79.9. The van der Waals surface area contributed by atoms with E-state index in [0.717, 1.165) is 10.0 Å². The van der Waals surface area contributed by atoms with Gasteiger partial charge in [0.05, 0.1) is 6.10 Å². The van der Waals surface area contributed by atoms with Crippen molar-refractivity contribution in [1.82, 2.24) is 4.90 Å². The van der Waals surface area contributed by atoms with Crippen molar-refractivity contribution in [2.45, 2.75) is 25.5 Å². The predicted octanol–water partition coefficient (Wildman–Crippen LogP) is 2.07. The monoisotopic (exact) mass is 341 g/mol. The lowest BCUT2D eigenvalue weighted by Crippen LogP contribution is -2.40. The molecule has 1 saturated heterocycles. The lowest BCUT2D eigenvalue weighted by molar-refractivity contribution is -0.141. The summed E-state index contributed by atoms with van der Waals surface area (Å²) in [4.78, 5) is 25.1. The second-order valence-corrected chi connectivity index (χ2v) is 5.72. The Morgan fingerprint density at radius 1 is 1.45 bits per heavy atom. The fourth-order valence-electron chi connectivity index (χ4n) is 2.37. The van der Waals surface area contributed by atoms with E-state index >= 15 is 0 Å². The van der Waals surface area contributed by atoms with Gasteiger partial charge in [0.25, 0.3) is 5.91 Å². The summed E-state index contributed by atoms with van der Waals surface area (Å²) in [6, 6.07) is 4.42. The van der Waals surface area contributed by atoms with E-state index in [1.165, 1.54) is 12.0 Å². The smallest absolute Gasteiger partial charge is 0.326 e. The summed E-state index contributed by atoms with van der Waals surface area (Å²) in [6.07, 6.45) is 0.101. The van der Waals surface area contributed by atoms with Gasteiger partial charge < -0.3 is 14.7 Å². The maximum atomic E-state index is 12.5. The second kappa shape index (κ2) is 5.93. The van der Waals surface area contributed by atoms with Crippen LogP contribution >= 0.6 is 15.9 Å². The van der Waals surface area contributed by atoms with Gasteiger partial charge in [-0.1, -0.05) is 15.9 Å². The molecular weight excluding hydrogens is 326 g/mol. The van der Waals surface area contributed by atoms with Gasteiger partial charge in [-0.3, -0.25) is 4.79 Å². The van der Waals surface area contributed by atoms with Crippen LogP contribution in [0.5, 0.6) is 0 Å². The molecule has 0 aromatic heterocycles. The minimum Gasteiger partial charge on any atom is -0.480 e. The summed E-state index contributed by atoms with van der Waals surface area (Å²) >= 11 is 3.38.